The maximum absolute atomic E-state index is 13.3. The molecule has 38 heavy (non-hydrogen) atoms. The van der Waals surface area contributed by atoms with E-state index in [2.05, 4.69) is 10.4 Å². The zero-order chi connectivity index (χ0) is 26.6. The molecule has 7 rings (SSSR count). The van der Waals surface area contributed by atoms with Gasteiger partial charge >= 0.3 is 5.69 Å². The fraction of sp³-hybridized carbons (Fsp3) is 0.407. The van der Waals surface area contributed by atoms with Gasteiger partial charge < -0.3 is 10.1 Å². The third-order valence-electron chi connectivity index (χ3n) is 8.22. The number of rotatable bonds is 7. The first-order valence-corrected chi connectivity index (χ1v) is 12.8. The van der Waals surface area contributed by atoms with E-state index in [1.807, 2.05) is 19.1 Å². The van der Waals surface area contributed by atoms with Gasteiger partial charge in [0.2, 0.25) is 5.69 Å². The third-order valence-corrected chi connectivity index (χ3v) is 8.22. The topological polar surface area (TPSA) is 142 Å². The summed E-state index contributed by atoms with van der Waals surface area (Å²) >= 11 is 0. The van der Waals surface area contributed by atoms with Crippen molar-refractivity contribution >= 4 is 23.0 Å². The van der Waals surface area contributed by atoms with Gasteiger partial charge in [-0.2, -0.15) is 5.10 Å². The summed E-state index contributed by atoms with van der Waals surface area (Å²) in [7, 11) is 0. The van der Waals surface area contributed by atoms with Crippen LogP contribution in [0.15, 0.2) is 48.7 Å². The normalized spacial score (nSPS) is 25.2. The Balaban J connectivity index is 1.30. The van der Waals surface area contributed by atoms with Crippen LogP contribution in [0, 0.1) is 44.9 Å². The molecule has 2 aromatic carbocycles. The Labute approximate surface area is 218 Å². The SMILES string of the molecule is Cc1ccc(Oc2cc(NC(=O)c3nn(C45CC6CC(CC(C6)C4)C5)cc3[N+](=O)[O-])cc([N+](=O)[O-])c2)cc1. The average Bonchev–Trinajstić information content (AvgIpc) is 3.32. The highest BCUT2D eigenvalue weighted by atomic mass is 16.6. The zero-order valence-corrected chi connectivity index (χ0v) is 20.8. The van der Waals surface area contributed by atoms with Gasteiger partial charge in [-0.05, 0) is 75.3 Å². The van der Waals surface area contributed by atoms with Crippen LogP contribution in [0.25, 0.3) is 0 Å². The van der Waals surface area contributed by atoms with Crippen LogP contribution < -0.4 is 10.1 Å². The molecular formula is C27H27N5O6. The molecule has 4 bridgehead atoms. The Bertz CT molecular complexity index is 1410. The second-order valence-corrected chi connectivity index (χ2v) is 11.0. The van der Waals surface area contributed by atoms with Crippen molar-refractivity contribution in [1.82, 2.24) is 9.78 Å². The number of ether oxygens (including phenoxy) is 1. The van der Waals surface area contributed by atoms with Crippen molar-refractivity contribution in [2.75, 3.05) is 5.32 Å². The number of nitrogens with one attached hydrogen (secondary N) is 1. The van der Waals surface area contributed by atoms with Crippen LogP contribution in [-0.4, -0.2) is 25.5 Å². The summed E-state index contributed by atoms with van der Waals surface area (Å²) in [5, 5.41) is 30.5. The van der Waals surface area contributed by atoms with Crippen molar-refractivity contribution in [3.05, 3.63) is 80.1 Å². The maximum Gasteiger partial charge on any atom is 0.320 e. The molecule has 11 nitrogen and oxygen atoms in total. The van der Waals surface area contributed by atoms with E-state index in [0.29, 0.717) is 23.5 Å². The summed E-state index contributed by atoms with van der Waals surface area (Å²) in [5.41, 5.74) is -0.168. The van der Waals surface area contributed by atoms with Gasteiger partial charge in [0.1, 0.15) is 17.7 Å². The lowest BCUT2D eigenvalue weighted by Crippen LogP contribution is -2.52. The summed E-state index contributed by atoms with van der Waals surface area (Å²) in [6, 6.07) is 11.0. The van der Waals surface area contributed by atoms with Gasteiger partial charge in [0, 0.05) is 12.1 Å². The molecule has 4 aliphatic carbocycles. The lowest BCUT2D eigenvalue weighted by atomic mass is 9.53. The summed E-state index contributed by atoms with van der Waals surface area (Å²) in [6.07, 6.45) is 7.76. The van der Waals surface area contributed by atoms with Gasteiger partial charge in [-0.15, -0.1) is 0 Å². The number of aromatic nitrogens is 2. The standard InChI is InChI=1S/C27H27N5O6/c1-16-2-4-22(5-3-16)38-23-10-20(9-21(11-23)31(34)35)28-26(33)25-24(32(36)37)15-30(29-25)27-12-17-6-18(13-27)8-19(7-17)14-27/h2-5,9-11,15,17-19H,6-8,12-14H2,1H3,(H,28,33). The molecule has 0 saturated heterocycles. The largest absolute Gasteiger partial charge is 0.457 e. The Hall–Kier alpha value is -4.28. The predicted octanol–water partition coefficient (Wildman–Crippen LogP) is 5.98. The highest BCUT2D eigenvalue weighted by Gasteiger charge is 2.53. The highest BCUT2D eigenvalue weighted by molar-refractivity contribution is 6.05. The first kappa shape index (κ1) is 24.1. The van der Waals surface area contributed by atoms with Crippen molar-refractivity contribution in [3.8, 4) is 11.5 Å². The van der Waals surface area contributed by atoms with Crippen LogP contribution >= 0.6 is 0 Å². The quantitative estimate of drug-likeness (QED) is 0.300. The van der Waals surface area contributed by atoms with Gasteiger partial charge in [-0.3, -0.25) is 29.7 Å². The Kier molecular flexibility index (Phi) is 5.66. The van der Waals surface area contributed by atoms with Crippen LogP contribution in [-0.2, 0) is 5.54 Å². The van der Waals surface area contributed by atoms with Crippen molar-refractivity contribution < 1.29 is 19.4 Å². The summed E-state index contributed by atoms with van der Waals surface area (Å²) < 4.78 is 7.44. The fourth-order valence-electron chi connectivity index (χ4n) is 7.00. The molecule has 0 atom stereocenters. The number of nitro benzene ring substituents is 1. The number of non-ortho nitro benzene ring substituents is 1. The molecule has 1 amide bonds. The van der Waals surface area contributed by atoms with E-state index >= 15 is 0 Å². The molecule has 11 heteroatoms. The number of hydrogen-bond acceptors (Lipinski definition) is 7. The van der Waals surface area contributed by atoms with Gasteiger partial charge in [-0.1, -0.05) is 17.7 Å². The fourth-order valence-corrected chi connectivity index (χ4v) is 7.00. The Morgan fingerprint density at radius 3 is 2.18 bits per heavy atom. The van der Waals surface area contributed by atoms with E-state index in [9.17, 15) is 25.0 Å². The zero-order valence-electron chi connectivity index (χ0n) is 20.8. The second kappa shape index (κ2) is 8.93. The number of amides is 1. The van der Waals surface area contributed by atoms with Crippen molar-refractivity contribution in [1.29, 1.82) is 0 Å². The van der Waals surface area contributed by atoms with Gasteiger partial charge in [0.25, 0.3) is 11.6 Å². The van der Waals surface area contributed by atoms with E-state index in [4.69, 9.17) is 4.74 Å². The maximum atomic E-state index is 13.3. The molecule has 4 saturated carbocycles. The van der Waals surface area contributed by atoms with Gasteiger partial charge in [0.05, 0.1) is 27.1 Å². The average molecular weight is 518 g/mol. The number of nitrogens with zero attached hydrogens (tertiary/aromatic N) is 4. The lowest BCUT2D eigenvalue weighted by Gasteiger charge is -2.56. The molecule has 0 spiro atoms. The van der Waals surface area contributed by atoms with E-state index in [0.717, 1.165) is 24.8 Å². The van der Waals surface area contributed by atoms with Crippen LogP contribution in [0.4, 0.5) is 17.1 Å². The molecule has 4 fully saturated rings. The molecule has 196 valence electrons. The van der Waals surface area contributed by atoms with Gasteiger partial charge in [0.15, 0.2) is 0 Å². The third kappa shape index (κ3) is 4.37. The first-order chi connectivity index (χ1) is 18.2. The summed E-state index contributed by atoms with van der Waals surface area (Å²) in [4.78, 5) is 35.5. The Morgan fingerprint density at radius 2 is 1.61 bits per heavy atom. The number of nitro groups is 2. The number of anilines is 1. The molecule has 1 N–H and O–H groups in total. The Morgan fingerprint density at radius 1 is 0.974 bits per heavy atom. The highest BCUT2D eigenvalue weighted by Crippen LogP contribution is 2.58. The second-order valence-electron chi connectivity index (χ2n) is 11.0. The minimum atomic E-state index is -0.804. The molecule has 1 heterocycles. The molecule has 4 aliphatic rings. The van der Waals surface area contributed by atoms with Crippen molar-refractivity contribution in [3.63, 3.8) is 0 Å². The van der Waals surface area contributed by atoms with Crippen LogP contribution in [0.3, 0.4) is 0 Å². The van der Waals surface area contributed by atoms with Crippen molar-refractivity contribution in [2.24, 2.45) is 17.8 Å². The smallest absolute Gasteiger partial charge is 0.320 e. The summed E-state index contributed by atoms with van der Waals surface area (Å²) in [5.74, 6) is 1.60. The van der Waals surface area contributed by atoms with Gasteiger partial charge in [-0.25, -0.2) is 0 Å². The van der Waals surface area contributed by atoms with E-state index in [1.54, 1.807) is 16.8 Å². The minimum absolute atomic E-state index is 0.0740. The number of aryl methyl sites for hydroxylation is 1. The number of carbonyl (C=O) groups excluding carboxylic acids is 1. The lowest BCUT2D eigenvalue weighted by molar-refractivity contribution is -0.385. The monoisotopic (exact) mass is 517 g/mol. The van der Waals surface area contributed by atoms with E-state index in [1.165, 1.54) is 43.7 Å². The summed E-state index contributed by atoms with van der Waals surface area (Å²) in [6.45, 7) is 1.93. The number of benzene rings is 2. The molecule has 0 unspecified atom stereocenters. The first-order valence-electron chi connectivity index (χ1n) is 12.8. The van der Waals surface area contributed by atoms with Crippen LogP contribution in [0.1, 0.15) is 54.6 Å². The molecule has 1 aromatic heterocycles. The molecule has 0 radical (unpaired) electrons. The van der Waals surface area contributed by atoms with Crippen LogP contribution in [0.2, 0.25) is 0 Å². The minimum Gasteiger partial charge on any atom is -0.457 e. The van der Waals surface area contributed by atoms with E-state index < -0.39 is 15.8 Å². The number of hydrogen-bond donors (Lipinski definition) is 1. The predicted molar refractivity (Wildman–Crippen MR) is 137 cm³/mol. The molecule has 0 aliphatic heterocycles. The molecule has 3 aromatic rings. The van der Waals surface area contributed by atoms with E-state index in [-0.39, 0.29) is 34.0 Å². The van der Waals surface area contributed by atoms with Crippen molar-refractivity contribution in [2.45, 2.75) is 51.0 Å². The van der Waals surface area contributed by atoms with Crippen LogP contribution in [0.5, 0.6) is 11.5 Å². The number of carbonyl (C=O) groups is 1. The molecular weight excluding hydrogens is 490 g/mol.